The summed E-state index contributed by atoms with van der Waals surface area (Å²) in [5.74, 6) is 0.221. The third kappa shape index (κ3) is 1.20. The minimum Gasteiger partial charge on any atom is -0.350 e. The molecule has 1 aliphatic heterocycles. The quantitative estimate of drug-likeness (QED) is 0.580. The average molecular weight is 161 g/mol. The molecule has 3 nitrogen and oxygen atoms in total. The van der Waals surface area contributed by atoms with E-state index < -0.39 is 0 Å². The van der Waals surface area contributed by atoms with Gasteiger partial charge in [-0.05, 0) is 24.8 Å². The molecule has 1 unspecified atom stereocenters. The van der Waals surface area contributed by atoms with E-state index in [1.165, 1.54) is 11.3 Å². The smallest absolute Gasteiger partial charge is 0.0869 e. The number of allylic oxidation sites excluding steroid dienone is 1. The minimum absolute atomic E-state index is 0.221. The molecule has 12 heavy (non-hydrogen) atoms. The summed E-state index contributed by atoms with van der Waals surface area (Å²) in [7, 11) is 0. The molecular formula is C9H11N3. The molecule has 2 aliphatic rings. The van der Waals surface area contributed by atoms with Gasteiger partial charge in [-0.1, -0.05) is 0 Å². The molecular weight excluding hydrogens is 150 g/mol. The highest BCUT2D eigenvalue weighted by atomic mass is 15.0. The molecule has 0 amide bonds. The van der Waals surface area contributed by atoms with Gasteiger partial charge in [-0.25, -0.2) is 0 Å². The minimum atomic E-state index is 0.221. The van der Waals surface area contributed by atoms with Crippen molar-refractivity contribution in [2.75, 3.05) is 6.54 Å². The number of nitrogens with one attached hydrogen (secondary N) is 1. The number of rotatable bonds is 0. The third-order valence-corrected chi connectivity index (χ3v) is 2.46. The van der Waals surface area contributed by atoms with Gasteiger partial charge in [0.15, 0.2) is 0 Å². The molecule has 3 heteroatoms. The predicted molar refractivity (Wildman–Crippen MR) is 46.5 cm³/mol. The highest BCUT2D eigenvalue weighted by molar-refractivity contribution is 5.60. The summed E-state index contributed by atoms with van der Waals surface area (Å²) < 4.78 is 0. The van der Waals surface area contributed by atoms with Crippen molar-refractivity contribution in [3.05, 3.63) is 11.3 Å². The Morgan fingerprint density at radius 2 is 2.58 bits per heavy atom. The second-order valence-electron chi connectivity index (χ2n) is 3.27. The Balaban J connectivity index is 2.13. The van der Waals surface area contributed by atoms with E-state index >= 15 is 0 Å². The van der Waals surface area contributed by atoms with Crippen LogP contribution in [0.3, 0.4) is 0 Å². The second kappa shape index (κ2) is 2.98. The van der Waals surface area contributed by atoms with Gasteiger partial charge in [0, 0.05) is 5.70 Å². The van der Waals surface area contributed by atoms with Crippen molar-refractivity contribution in [2.24, 2.45) is 10.9 Å². The van der Waals surface area contributed by atoms with Crippen LogP contribution in [0.25, 0.3) is 0 Å². The van der Waals surface area contributed by atoms with Crippen molar-refractivity contribution in [1.29, 1.82) is 5.26 Å². The van der Waals surface area contributed by atoms with Crippen LogP contribution in [0, 0.1) is 17.2 Å². The molecule has 0 fully saturated rings. The first kappa shape index (κ1) is 7.35. The first-order valence-corrected chi connectivity index (χ1v) is 4.25. The Kier molecular flexibility index (Phi) is 1.83. The molecule has 1 heterocycles. The van der Waals surface area contributed by atoms with Crippen LogP contribution in [0.15, 0.2) is 16.3 Å². The maximum Gasteiger partial charge on any atom is 0.0869 e. The lowest BCUT2D eigenvalue weighted by Gasteiger charge is -2.24. The van der Waals surface area contributed by atoms with Crippen LogP contribution in [0.5, 0.6) is 0 Å². The second-order valence-corrected chi connectivity index (χ2v) is 3.27. The van der Waals surface area contributed by atoms with E-state index in [1.54, 1.807) is 6.34 Å². The van der Waals surface area contributed by atoms with Crippen molar-refractivity contribution in [3.63, 3.8) is 0 Å². The van der Waals surface area contributed by atoms with E-state index in [1.807, 2.05) is 0 Å². The molecule has 0 aromatic carbocycles. The van der Waals surface area contributed by atoms with Crippen molar-refractivity contribution < 1.29 is 0 Å². The van der Waals surface area contributed by atoms with Gasteiger partial charge in [-0.15, -0.1) is 0 Å². The molecule has 1 aliphatic carbocycles. The molecule has 0 radical (unpaired) electrons. The van der Waals surface area contributed by atoms with Crippen LogP contribution in [-0.2, 0) is 0 Å². The standard InChI is InChI=1S/C9H11N3/c10-4-7-1-2-9-8(3-7)5-11-6-12-9/h6-7H,1-3,5H2,(H,11,12). The van der Waals surface area contributed by atoms with E-state index in [4.69, 9.17) is 5.26 Å². The Labute approximate surface area is 71.8 Å². The summed E-state index contributed by atoms with van der Waals surface area (Å²) in [6, 6.07) is 2.32. The van der Waals surface area contributed by atoms with E-state index in [9.17, 15) is 0 Å². The SMILES string of the molecule is N#CC1CCC2=C(CN=CN2)C1. The fourth-order valence-corrected chi connectivity index (χ4v) is 1.74. The van der Waals surface area contributed by atoms with Crippen molar-refractivity contribution in [2.45, 2.75) is 19.3 Å². The lowest BCUT2D eigenvalue weighted by Crippen LogP contribution is -2.24. The van der Waals surface area contributed by atoms with Crippen LogP contribution in [0.4, 0.5) is 0 Å². The van der Waals surface area contributed by atoms with Crippen molar-refractivity contribution in [3.8, 4) is 6.07 Å². The lowest BCUT2D eigenvalue weighted by molar-refractivity contribution is 0.537. The molecule has 0 bridgehead atoms. The molecule has 0 aromatic rings. The van der Waals surface area contributed by atoms with Crippen LogP contribution < -0.4 is 5.32 Å². The summed E-state index contributed by atoms with van der Waals surface area (Å²) in [6.07, 6.45) is 4.68. The van der Waals surface area contributed by atoms with Crippen molar-refractivity contribution >= 4 is 6.34 Å². The Bertz CT molecular complexity index is 283. The van der Waals surface area contributed by atoms with Crippen LogP contribution >= 0.6 is 0 Å². The van der Waals surface area contributed by atoms with E-state index in [0.717, 1.165) is 25.8 Å². The van der Waals surface area contributed by atoms with Gasteiger partial charge in [0.25, 0.3) is 0 Å². The maximum atomic E-state index is 8.75. The zero-order chi connectivity index (χ0) is 8.39. The molecule has 1 atom stereocenters. The summed E-state index contributed by atoms with van der Waals surface area (Å²) in [5, 5.41) is 11.9. The highest BCUT2D eigenvalue weighted by Crippen LogP contribution is 2.28. The molecule has 0 aromatic heterocycles. The summed E-state index contributed by atoms with van der Waals surface area (Å²) in [4.78, 5) is 4.13. The first-order valence-electron chi connectivity index (χ1n) is 4.25. The van der Waals surface area contributed by atoms with Gasteiger partial charge in [0.1, 0.15) is 0 Å². The number of hydrogen-bond acceptors (Lipinski definition) is 3. The number of nitrogens with zero attached hydrogens (tertiary/aromatic N) is 2. The van der Waals surface area contributed by atoms with E-state index in [0.29, 0.717) is 0 Å². The van der Waals surface area contributed by atoms with Gasteiger partial charge < -0.3 is 5.32 Å². The van der Waals surface area contributed by atoms with E-state index in [-0.39, 0.29) is 5.92 Å². The molecule has 1 N–H and O–H groups in total. The van der Waals surface area contributed by atoms with Crippen LogP contribution in [0.2, 0.25) is 0 Å². The summed E-state index contributed by atoms with van der Waals surface area (Å²) in [5.41, 5.74) is 2.63. The molecule has 0 saturated heterocycles. The zero-order valence-electron chi connectivity index (χ0n) is 6.88. The molecule has 62 valence electrons. The van der Waals surface area contributed by atoms with Crippen LogP contribution in [0.1, 0.15) is 19.3 Å². The molecule has 0 saturated carbocycles. The van der Waals surface area contributed by atoms with Gasteiger partial charge in [-0.2, -0.15) is 5.26 Å². The molecule has 0 spiro atoms. The fourth-order valence-electron chi connectivity index (χ4n) is 1.74. The number of aliphatic imine (C=N–C) groups is 1. The highest BCUT2D eigenvalue weighted by Gasteiger charge is 2.21. The largest absolute Gasteiger partial charge is 0.350 e. The molecule has 2 rings (SSSR count). The van der Waals surface area contributed by atoms with Gasteiger partial charge >= 0.3 is 0 Å². The van der Waals surface area contributed by atoms with E-state index in [2.05, 4.69) is 16.4 Å². The maximum absolute atomic E-state index is 8.75. The number of hydrogen-bond donors (Lipinski definition) is 1. The lowest BCUT2D eigenvalue weighted by atomic mass is 9.87. The number of nitriles is 1. The summed E-state index contributed by atoms with van der Waals surface area (Å²) in [6.45, 7) is 0.792. The third-order valence-electron chi connectivity index (χ3n) is 2.46. The summed E-state index contributed by atoms with van der Waals surface area (Å²) >= 11 is 0. The topological polar surface area (TPSA) is 48.2 Å². The average Bonchev–Trinajstić information content (AvgIpc) is 2.17. The van der Waals surface area contributed by atoms with Gasteiger partial charge in [0.05, 0.1) is 24.9 Å². The Hall–Kier alpha value is -1.30. The van der Waals surface area contributed by atoms with Crippen LogP contribution in [-0.4, -0.2) is 12.9 Å². The fraction of sp³-hybridized carbons (Fsp3) is 0.556. The normalized spacial score (nSPS) is 27.4. The Morgan fingerprint density at radius 1 is 1.67 bits per heavy atom. The van der Waals surface area contributed by atoms with Gasteiger partial charge in [0.2, 0.25) is 0 Å². The zero-order valence-corrected chi connectivity index (χ0v) is 6.88. The predicted octanol–water partition coefficient (Wildman–Crippen LogP) is 1.20. The monoisotopic (exact) mass is 161 g/mol. The van der Waals surface area contributed by atoms with Crippen molar-refractivity contribution in [1.82, 2.24) is 5.32 Å². The first-order chi connectivity index (χ1) is 5.90. The van der Waals surface area contributed by atoms with Gasteiger partial charge in [-0.3, -0.25) is 4.99 Å². The Morgan fingerprint density at radius 3 is 3.42 bits per heavy atom.